The smallest absolute Gasteiger partial charge is 0.408 e. The summed E-state index contributed by atoms with van der Waals surface area (Å²) in [6.07, 6.45) is 0.419. The van der Waals surface area contributed by atoms with E-state index in [0.29, 0.717) is 12.8 Å². The number of ether oxygens (including phenoxy) is 1. The summed E-state index contributed by atoms with van der Waals surface area (Å²) in [6.45, 7) is 10.9. The van der Waals surface area contributed by atoms with E-state index in [-0.39, 0.29) is 5.78 Å². The van der Waals surface area contributed by atoms with Gasteiger partial charge < -0.3 is 10.1 Å². The number of hydrogen-bond donors (Lipinski definition) is 1. The first-order valence-corrected chi connectivity index (χ1v) is 7.54. The summed E-state index contributed by atoms with van der Waals surface area (Å²) in [5.74, 6) is -0.0224. The van der Waals surface area contributed by atoms with Crippen LogP contribution in [-0.2, 0) is 16.0 Å². The quantitative estimate of drug-likeness (QED) is 0.907. The fourth-order valence-corrected chi connectivity index (χ4v) is 2.02. The number of nitrogens with one attached hydrogen (secondary N) is 1. The number of aryl methyl sites for hydroxylation is 3. The van der Waals surface area contributed by atoms with Crippen molar-refractivity contribution < 1.29 is 14.3 Å². The summed E-state index contributed by atoms with van der Waals surface area (Å²) in [7, 11) is 0. The fraction of sp³-hybridized carbons (Fsp3) is 0.588. The summed E-state index contributed by atoms with van der Waals surface area (Å²) in [6, 6.07) is 3.38. The first kappa shape index (κ1) is 18.1. The lowest BCUT2D eigenvalue weighted by Crippen LogP contribution is -2.41. The van der Waals surface area contributed by atoms with Gasteiger partial charge in [0, 0.05) is 17.8 Å². The van der Waals surface area contributed by atoms with E-state index in [4.69, 9.17) is 4.74 Å². The number of rotatable bonds is 5. The molecular weight excluding hydrogens is 280 g/mol. The van der Waals surface area contributed by atoms with Gasteiger partial charge in [0.2, 0.25) is 0 Å². The van der Waals surface area contributed by atoms with Crippen molar-refractivity contribution in [1.82, 2.24) is 10.3 Å². The van der Waals surface area contributed by atoms with Crippen LogP contribution in [0.15, 0.2) is 12.1 Å². The third-order valence-electron chi connectivity index (χ3n) is 3.19. The lowest BCUT2D eigenvalue weighted by atomic mass is 10.0. The number of nitrogens with zero attached hydrogens (tertiary/aromatic N) is 1. The first-order chi connectivity index (χ1) is 10.1. The van der Waals surface area contributed by atoms with Gasteiger partial charge in [-0.05, 0) is 59.6 Å². The van der Waals surface area contributed by atoms with Crippen molar-refractivity contribution in [3.05, 3.63) is 29.1 Å². The highest BCUT2D eigenvalue weighted by Gasteiger charge is 2.20. The molecular formula is C17H26N2O3. The van der Waals surface area contributed by atoms with Crippen molar-refractivity contribution in [2.75, 3.05) is 0 Å². The third-order valence-corrected chi connectivity index (χ3v) is 3.19. The van der Waals surface area contributed by atoms with Gasteiger partial charge >= 0.3 is 6.09 Å². The molecule has 5 nitrogen and oxygen atoms in total. The summed E-state index contributed by atoms with van der Waals surface area (Å²) in [5.41, 5.74) is 2.40. The monoisotopic (exact) mass is 306 g/mol. The Hall–Kier alpha value is -1.91. The van der Waals surface area contributed by atoms with Crippen LogP contribution in [0.4, 0.5) is 4.79 Å². The van der Waals surface area contributed by atoms with Crippen molar-refractivity contribution in [2.24, 2.45) is 0 Å². The molecule has 0 aliphatic rings. The summed E-state index contributed by atoms with van der Waals surface area (Å²) >= 11 is 0. The second kappa shape index (κ2) is 7.38. The standard InChI is InChI=1S/C17H26N2O3/c1-11-7-8-14(12(2)18-11)9-10-15(20)13(3)19-16(21)22-17(4,5)6/h7-8,13H,9-10H2,1-6H3,(H,19,21)/t13-/m0/s1. The third kappa shape index (κ3) is 6.24. The van der Waals surface area contributed by atoms with Gasteiger partial charge in [-0.2, -0.15) is 0 Å². The van der Waals surface area contributed by atoms with Crippen LogP contribution in [0, 0.1) is 13.8 Å². The number of ketones is 1. The molecule has 1 amide bonds. The van der Waals surface area contributed by atoms with Crippen molar-refractivity contribution in [3.63, 3.8) is 0 Å². The van der Waals surface area contributed by atoms with Gasteiger partial charge in [0.15, 0.2) is 5.78 Å². The van der Waals surface area contributed by atoms with E-state index in [0.717, 1.165) is 17.0 Å². The van der Waals surface area contributed by atoms with E-state index in [1.807, 2.05) is 26.0 Å². The number of hydrogen-bond acceptors (Lipinski definition) is 4. The maximum atomic E-state index is 12.1. The highest BCUT2D eigenvalue weighted by Crippen LogP contribution is 2.11. The molecule has 1 aromatic heterocycles. The number of Topliss-reactive ketones (excluding diaryl/α,β-unsaturated/α-hetero) is 1. The van der Waals surface area contributed by atoms with Gasteiger partial charge in [0.25, 0.3) is 0 Å². The molecule has 122 valence electrons. The number of pyridine rings is 1. The number of amides is 1. The van der Waals surface area contributed by atoms with Crippen LogP contribution < -0.4 is 5.32 Å². The molecule has 0 radical (unpaired) electrons. The Morgan fingerprint density at radius 3 is 2.45 bits per heavy atom. The Labute approximate surface area is 132 Å². The van der Waals surface area contributed by atoms with E-state index in [2.05, 4.69) is 10.3 Å². The van der Waals surface area contributed by atoms with Crippen LogP contribution in [0.3, 0.4) is 0 Å². The molecule has 0 aromatic carbocycles. The Morgan fingerprint density at radius 1 is 1.27 bits per heavy atom. The van der Waals surface area contributed by atoms with Gasteiger partial charge in [-0.25, -0.2) is 4.79 Å². The van der Waals surface area contributed by atoms with Gasteiger partial charge in [-0.1, -0.05) is 6.07 Å². The molecule has 1 atom stereocenters. The minimum absolute atomic E-state index is 0.0224. The molecule has 22 heavy (non-hydrogen) atoms. The van der Waals surface area contributed by atoms with E-state index in [1.165, 1.54) is 0 Å². The summed E-state index contributed by atoms with van der Waals surface area (Å²) < 4.78 is 5.14. The zero-order chi connectivity index (χ0) is 16.9. The molecule has 0 spiro atoms. The Bertz CT molecular complexity index is 547. The molecule has 0 bridgehead atoms. The normalized spacial score (nSPS) is 12.6. The fourth-order valence-electron chi connectivity index (χ4n) is 2.02. The molecule has 0 unspecified atom stereocenters. The SMILES string of the molecule is Cc1ccc(CCC(=O)[C@H](C)NC(=O)OC(C)(C)C)c(C)n1. The van der Waals surface area contributed by atoms with Crippen molar-refractivity contribution in [3.8, 4) is 0 Å². The molecule has 1 heterocycles. The van der Waals surface area contributed by atoms with Crippen LogP contribution in [0.2, 0.25) is 0 Å². The predicted molar refractivity (Wildman–Crippen MR) is 85.9 cm³/mol. The Kier molecular flexibility index (Phi) is 6.09. The van der Waals surface area contributed by atoms with Crippen molar-refractivity contribution in [2.45, 2.75) is 66.0 Å². The highest BCUT2D eigenvalue weighted by molar-refractivity contribution is 5.87. The van der Waals surface area contributed by atoms with E-state index < -0.39 is 17.7 Å². The van der Waals surface area contributed by atoms with Crippen molar-refractivity contribution >= 4 is 11.9 Å². The van der Waals surface area contributed by atoms with E-state index >= 15 is 0 Å². The summed E-state index contributed by atoms with van der Waals surface area (Å²) in [5, 5.41) is 2.57. The summed E-state index contributed by atoms with van der Waals surface area (Å²) in [4.78, 5) is 28.1. The Morgan fingerprint density at radius 2 is 1.91 bits per heavy atom. The highest BCUT2D eigenvalue weighted by atomic mass is 16.6. The lowest BCUT2D eigenvalue weighted by Gasteiger charge is -2.21. The minimum Gasteiger partial charge on any atom is -0.444 e. The van der Waals surface area contributed by atoms with Crippen LogP contribution >= 0.6 is 0 Å². The number of carbonyl (C=O) groups is 2. The zero-order valence-corrected chi connectivity index (χ0v) is 14.3. The molecule has 0 aliphatic carbocycles. The van der Waals surface area contributed by atoms with E-state index in [1.54, 1.807) is 27.7 Å². The molecule has 0 fully saturated rings. The largest absolute Gasteiger partial charge is 0.444 e. The topological polar surface area (TPSA) is 68.3 Å². The minimum atomic E-state index is -0.572. The van der Waals surface area contributed by atoms with Crippen LogP contribution in [0.1, 0.15) is 51.1 Å². The number of alkyl carbamates (subject to hydrolysis) is 1. The van der Waals surface area contributed by atoms with E-state index in [9.17, 15) is 9.59 Å². The molecule has 0 saturated carbocycles. The average molecular weight is 306 g/mol. The van der Waals surface area contributed by atoms with Gasteiger partial charge in [0.1, 0.15) is 5.60 Å². The lowest BCUT2D eigenvalue weighted by molar-refractivity contribution is -0.120. The Balaban J connectivity index is 2.49. The van der Waals surface area contributed by atoms with Crippen LogP contribution in [0.25, 0.3) is 0 Å². The first-order valence-electron chi connectivity index (χ1n) is 7.54. The zero-order valence-electron chi connectivity index (χ0n) is 14.3. The van der Waals surface area contributed by atoms with Gasteiger partial charge in [-0.3, -0.25) is 9.78 Å². The maximum Gasteiger partial charge on any atom is 0.408 e. The average Bonchev–Trinajstić information content (AvgIpc) is 2.34. The molecule has 1 rings (SSSR count). The number of aromatic nitrogens is 1. The molecule has 1 N–H and O–H groups in total. The van der Waals surface area contributed by atoms with Crippen LogP contribution in [0.5, 0.6) is 0 Å². The van der Waals surface area contributed by atoms with Gasteiger partial charge in [0.05, 0.1) is 6.04 Å². The van der Waals surface area contributed by atoms with Crippen LogP contribution in [-0.4, -0.2) is 28.5 Å². The van der Waals surface area contributed by atoms with Gasteiger partial charge in [-0.15, -0.1) is 0 Å². The maximum absolute atomic E-state index is 12.1. The molecule has 5 heteroatoms. The second-order valence-corrected chi connectivity index (χ2v) is 6.53. The predicted octanol–water partition coefficient (Wildman–Crippen LogP) is 3.11. The van der Waals surface area contributed by atoms with Crippen molar-refractivity contribution in [1.29, 1.82) is 0 Å². The number of carbonyl (C=O) groups excluding carboxylic acids is 2. The molecule has 0 saturated heterocycles. The molecule has 1 aromatic rings. The molecule has 0 aliphatic heterocycles. The second-order valence-electron chi connectivity index (χ2n) is 6.53.